The lowest BCUT2D eigenvalue weighted by atomic mass is 9.88. The summed E-state index contributed by atoms with van der Waals surface area (Å²) in [6.07, 6.45) is 1.07. The molecule has 0 aliphatic carbocycles. The number of hydrogen-bond donors (Lipinski definition) is 1. The molecule has 20 heavy (non-hydrogen) atoms. The summed E-state index contributed by atoms with van der Waals surface area (Å²) in [4.78, 5) is 26.1. The molecule has 2 amide bonds. The second-order valence-electron chi connectivity index (χ2n) is 5.16. The van der Waals surface area contributed by atoms with E-state index in [4.69, 9.17) is 0 Å². The van der Waals surface area contributed by atoms with E-state index >= 15 is 0 Å². The largest absolute Gasteiger partial charge is 0.340 e. The van der Waals surface area contributed by atoms with Gasteiger partial charge in [-0.3, -0.25) is 9.59 Å². The molecule has 0 atom stereocenters. The van der Waals surface area contributed by atoms with Crippen LogP contribution in [0.4, 0.5) is 10.1 Å². The van der Waals surface area contributed by atoms with E-state index in [2.05, 4.69) is 5.32 Å². The maximum atomic E-state index is 13.2. The minimum absolute atomic E-state index is 0.0208. The third kappa shape index (κ3) is 2.28. The van der Waals surface area contributed by atoms with E-state index in [0.29, 0.717) is 24.1 Å². The van der Waals surface area contributed by atoms with E-state index in [-0.39, 0.29) is 24.2 Å². The molecule has 108 valence electrons. The molecule has 1 saturated heterocycles. The van der Waals surface area contributed by atoms with Gasteiger partial charge in [0.2, 0.25) is 5.91 Å². The first-order valence-electron chi connectivity index (χ1n) is 6.82. The molecule has 1 aliphatic rings. The zero-order valence-corrected chi connectivity index (χ0v) is 12.0. The molecule has 0 radical (unpaired) electrons. The van der Waals surface area contributed by atoms with Crippen molar-refractivity contribution in [1.29, 1.82) is 0 Å². The number of nitrogens with zero attached hydrogens (tertiary/aromatic N) is 1. The Morgan fingerprint density at radius 1 is 1.30 bits per heavy atom. The Morgan fingerprint density at radius 2 is 1.95 bits per heavy atom. The highest BCUT2D eigenvalue weighted by Crippen LogP contribution is 2.29. The lowest BCUT2D eigenvalue weighted by molar-refractivity contribution is -0.136. The normalized spacial score (nSPS) is 18.1. The van der Waals surface area contributed by atoms with Gasteiger partial charge in [-0.1, -0.05) is 13.8 Å². The van der Waals surface area contributed by atoms with Crippen molar-refractivity contribution in [3.8, 4) is 0 Å². The summed E-state index contributed by atoms with van der Waals surface area (Å²) in [5.41, 5.74) is 0.391. The van der Waals surface area contributed by atoms with Gasteiger partial charge in [0.05, 0.1) is 0 Å². The van der Waals surface area contributed by atoms with Crippen LogP contribution in [0, 0.1) is 12.7 Å². The van der Waals surface area contributed by atoms with Crippen molar-refractivity contribution in [1.82, 2.24) is 5.32 Å². The molecule has 1 aromatic carbocycles. The van der Waals surface area contributed by atoms with Crippen LogP contribution in [0.1, 0.15) is 32.3 Å². The molecule has 0 bridgehead atoms. The summed E-state index contributed by atoms with van der Waals surface area (Å²) in [5, 5.41) is 2.81. The average molecular weight is 278 g/mol. The van der Waals surface area contributed by atoms with Crippen LogP contribution in [0.2, 0.25) is 0 Å². The van der Waals surface area contributed by atoms with Crippen molar-refractivity contribution in [2.24, 2.45) is 0 Å². The first kappa shape index (κ1) is 14.5. The number of anilines is 1. The fourth-order valence-corrected chi connectivity index (χ4v) is 2.68. The first-order valence-corrected chi connectivity index (χ1v) is 6.82. The molecule has 2 rings (SSSR count). The second-order valence-corrected chi connectivity index (χ2v) is 5.16. The van der Waals surface area contributed by atoms with Crippen molar-refractivity contribution in [3.05, 3.63) is 29.6 Å². The van der Waals surface area contributed by atoms with Gasteiger partial charge >= 0.3 is 0 Å². The summed E-state index contributed by atoms with van der Waals surface area (Å²) in [7, 11) is 0. The van der Waals surface area contributed by atoms with Gasteiger partial charge in [0.1, 0.15) is 17.9 Å². The van der Waals surface area contributed by atoms with Gasteiger partial charge in [-0.15, -0.1) is 0 Å². The van der Waals surface area contributed by atoms with E-state index in [1.165, 1.54) is 17.0 Å². The van der Waals surface area contributed by atoms with Crippen molar-refractivity contribution in [2.75, 3.05) is 11.4 Å². The smallest absolute Gasteiger partial charge is 0.253 e. The maximum Gasteiger partial charge on any atom is 0.253 e. The van der Waals surface area contributed by atoms with Crippen LogP contribution in [0.25, 0.3) is 0 Å². The highest BCUT2D eigenvalue weighted by atomic mass is 19.1. The number of nitrogens with one attached hydrogen (secondary N) is 1. The lowest BCUT2D eigenvalue weighted by Crippen LogP contribution is -2.66. The molecule has 1 aliphatic heterocycles. The quantitative estimate of drug-likeness (QED) is 0.921. The van der Waals surface area contributed by atoms with Crippen LogP contribution >= 0.6 is 0 Å². The molecule has 1 aromatic rings. The first-order chi connectivity index (χ1) is 9.43. The Hall–Kier alpha value is -1.91. The van der Waals surface area contributed by atoms with E-state index < -0.39 is 5.54 Å². The van der Waals surface area contributed by atoms with Gasteiger partial charge in [-0.2, -0.15) is 0 Å². The SMILES string of the molecule is CCC1(CC)NC(=O)CN(c2ccc(F)cc2C)C1=O. The van der Waals surface area contributed by atoms with Gasteiger partial charge in [-0.05, 0) is 43.5 Å². The molecular formula is C15H19FN2O2. The van der Waals surface area contributed by atoms with Crippen molar-refractivity contribution in [2.45, 2.75) is 39.2 Å². The second kappa shape index (κ2) is 5.23. The molecule has 1 N–H and O–H groups in total. The van der Waals surface area contributed by atoms with Gasteiger partial charge in [0, 0.05) is 5.69 Å². The number of amides is 2. The van der Waals surface area contributed by atoms with Crippen LogP contribution in [-0.2, 0) is 9.59 Å². The summed E-state index contributed by atoms with van der Waals surface area (Å²) in [6, 6.07) is 4.23. The molecular weight excluding hydrogens is 259 g/mol. The molecule has 1 fully saturated rings. The molecule has 0 spiro atoms. The number of carbonyl (C=O) groups is 2. The fourth-order valence-electron chi connectivity index (χ4n) is 2.68. The Kier molecular flexibility index (Phi) is 3.79. The standard InChI is InChI=1S/C15H19FN2O2/c1-4-15(5-2)14(20)18(9-13(19)17-15)12-7-6-11(16)8-10(12)3/h6-8H,4-5,9H2,1-3H3,(H,17,19). The molecule has 0 saturated carbocycles. The minimum Gasteiger partial charge on any atom is -0.340 e. The zero-order chi connectivity index (χ0) is 14.9. The number of rotatable bonds is 3. The topological polar surface area (TPSA) is 49.4 Å². The molecule has 0 aromatic heterocycles. The minimum atomic E-state index is -0.851. The summed E-state index contributed by atoms with van der Waals surface area (Å²) in [6.45, 7) is 5.47. The molecule has 4 nitrogen and oxygen atoms in total. The average Bonchev–Trinajstić information content (AvgIpc) is 2.41. The zero-order valence-electron chi connectivity index (χ0n) is 12.0. The van der Waals surface area contributed by atoms with Gasteiger partial charge in [0.15, 0.2) is 0 Å². The Bertz CT molecular complexity index is 553. The van der Waals surface area contributed by atoms with E-state index in [9.17, 15) is 14.0 Å². The van der Waals surface area contributed by atoms with Crippen LogP contribution in [0.15, 0.2) is 18.2 Å². The summed E-state index contributed by atoms with van der Waals surface area (Å²) in [5.74, 6) is -0.661. The fraction of sp³-hybridized carbons (Fsp3) is 0.467. The predicted octanol–water partition coefficient (Wildman–Crippen LogP) is 2.16. The predicted molar refractivity (Wildman–Crippen MR) is 74.9 cm³/mol. The monoisotopic (exact) mass is 278 g/mol. The number of carbonyl (C=O) groups excluding carboxylic acids is 2. The molecule has 5 heteroatoms. The van der Waals surface area contributed by atoms with Crippen LogP contribution in [0.5, 0.6) is 0 Å². The molecule has 1 heterocycles. The highest BCUT2D eigenvalue weighted by Gasteiger charge is 2.44. The Labute approximate surface area is 118 Å². The lowest BCUT2D eigenvalue weighted by Gasteiger charge is -2.41. The van der Waals surface area contributed by atoms with Crippen LogP contribution < -0.4 is 10.2 Å². The summed E-state index contributed by atoms with van der Waals surface area (Å²) >= 11 is 0. The van der Waals surface area contributed by atoms with E-state index in [1.54, 1.807) is 13.0 Å². The highest BCUT2D eigenvalue weighted by molar-refractivity contribution is 6.09. The van der Waals surface area contributed by atoms with Gasteiger partial charge in [-0.25, -0.2) is 4.39 Å². The third-order valence-corrected chi connectivity index (χ3v) is 3.99. The third-order valence-electron chi connectivity index (χ3n) is 3.99. The maximum absolute atomic E-state index is 13.2. The number of hydrogen-bond acceptors (Lipinski definition) is 2. The Morgan fingerprint density at radius 3 is 2.50 bits per heavy atom. The van der Waals surface area contributed by atoms with Crippen LogP contribution in [-0.4, -0.2) is 23.9 Å². The summed E-state index contributed by atoms with van der Waals surface area (Å²) < 4.78 is 13.2. The van der Waals surface area contributed by atoms with Crippen molar-refractivity contribution in [3.63, 3.8) is 0 Å². The molecule has 0 unspecified atom stereocenters. The number of benzene rings is 1. The number of halogens is 1. The van der Waals surface area contributed by atoms with Crippen molar-refractivity contribution < 1.29 is 14.0 Å². The van der Waals surface area contributed by atoms with E-state index in [0.717, 1.165) is 0 Å². The van der Waals surface area contributed by atoms with Crippen molar-refractivity contribution >= 4 is 17.5 Å². The van der Waals surface area contributed by atoms with Crippen LogP contribution in [0.3, 0.4) is 0 Å². The van der Waals surface area contributed by atoms with Gasteiger partial charge in [0.25, 0.3) is 5.91 Å². The number of aryl methyl sites for hydroxylation is 1. The van der Waals surface area contributed by atoms with Gasteiger partial charge < -0.3 is 10.2 Å². The number of piperazine rings is 1. The Balaban J connectivity index is 2.45. The van der Waals surface area contributed by atoms with E-state index in [1.807, 2.05) is 13.8 Å².